The molecular formula is C12H24N2O3. The highest BCUT2D eigenvalue weighted by molar-refractivity contribution is 5.78. The molecule has 0 aromatic heterocycles. The summed E-state index contributed by atoms with van der Waals surface area (Å²) < 4.78 is 0. The standard InChI is InChI=1S/C12H24N2O3/c1-5-7-13-10(15)9-14(12(2,3)4)8-6-11(16)17/h5-9H2,1-4H3,(H,13,15)(H,16,17). The first-order valence-electron chi connectivity index (χ1n) is 6.01. The Morgan fingerprint density at radius 3 is 2.29 bits per heavy atom. The van der Waals surface area contributed by atoms with Gasteiger partial charge in [-0.2, -0.15) is 0 Å². The Morgan fingerprint density at radius 1 is 1.29 bits per heavy atom. The van der Waals surface area contributed by atoms with Gasteiger partial charge in [0.15, 0.2) is 0 Å². The van der Waals surface area contributed by atoms with Gasteiger partial charge in [-0.3, -0.25) is 14.5 Å². The highest BCUT2D eigenvalue weighted by atomic mass is 16.4. The quantitative estimate of drug-likeness (QED) is 0.703. The Bertz CT molecular complexity index is 259. The predicted octanol–water partition coefficient (Wildman–Crippen LogP) is 1.09. The Kier molecular flexibility index (Phi) is 6.80. The summed E-state index contributed by atoms with van der Waals surface area (Å²) in [6.45, 7) is 9.21. The van der Waals surface area contributed by atoms with Crippen LogP contribution in [-0.2, 0) is 9.59 Å². The highest BCUT2D eigenvalue weighted by Crippen LogP contribution is 2.13. The molecular weight excluding hydrogens is 220 g/mol. The third-order valence-electron chi connectivity index (χ3n) is 2.45. The summed E-state index contributed by atoms with van der Waals surface area (Å²) in [4.78, 5) is 24.0. The van der Waals surface area contributed by atoms with Crippen molar-refractivity contribution in [3.8, 4) is 0 Å². The number of carbonyl (C=O) groups excluding carboxylic acids is 1. The van der Waals surface area contributed by atoms with Gasteiger partial charge < -0.3 is 10.4 Å². The lowest BCUT2D eigenvalue weighted by Gasteiger charge is -2.34. The van der Waals surface area contributed by atoms with Gasteiger partial charge in [-0.05, 0) is 27.2 Å². The van der Waals surface area contributed by atoms with E-state index in [0.717, 1.165) is 6.42 Å². The van der Waals surface area contributed by atoms with Crippen molar-refractivity contribution >= 4 is 11.9 Å². The van der Waals surface area contributed by atoms with Gasteiger partial charge in [0.25, 0.3) is 0 Å². The molecule has 0 rings (SSSR count). The van der Waals surface area contributed by atoms with Crippen molar-refractivity contribution in [3.05, 3.63) is 0 Å². The van der Waals surface area contributed by atoms with E-state index in [0.29, 0.717) is 13.1 Å². The number of aliphatic carboxylic acids is 1. The number of carbonyl (C=O) groups is 2. The van der Waals surface area contributed by atoms with Crippen LogP contribution in [0.1, 0.15) is 40.5 Å². The maximum Gasteiger partial charge on any atom is 0.304 e. The molecule has 0 atom stereocenters. The number of carboxylic acids is 1. The summed E-state index contributed by atoms with van der Waals surface area (Å²) in [7, 11) is 0. The molecule has 100 valence electrons. The van der Waals surface area contributed by atoms with Crippen LogP contribution >= 0.6 is 0 Å². The molecule has 0 saturated heterocycles. The van der Waals surface area contributed by atoms with Crippen LogP contribution in [0.2, 0.25) is 0 Å². The van der Waals surface area contributed by atoms with Gasteiger partial charge in [0.05, 0.1) is 13.0 Å². The summed E-state index contributed by atoms with van der Waals surface area (Å²) in [5.74, 6) is -0.889. The van der Waals surface area contributed by atoms with E-state index in [4.69, 9.17) is 5.11 Å². The van der Waals surface area contributed by atoms with E-state index in [2.05, 4.69) is 5.32 Å². The van der Waals surface area contributed by atoms with E-state index < -0.39 is 5.97 Å². The molecule has 0 unspecified atom stereocenters. The van der Waals surface area contributed by atoms with E-state index in [-0.39, 0.29) is 24.4 Å². The summed E-state index contributed by atoms with van der Waals surface area (Å²) in [6, 6.07) is 0. The molecule has 2 N–H and O–H groups in total. The lowest BCUT2D eigenvalue weighted by atomic mass is 10.1. The Hall–Kier alpha value is -1.10. The SMILES string of the molecule is CCCNC(=O)CN(CCC(=O)O)C(C)(C)C. The molecule has 0 bridgehead atoms. The minimum Gasteiger partial charge on any atom is -0.481 e. The minimum absolute atomic E-state index is 0.0489. The molecule has 0 aliphatic rings. The van der Waals surface area contributed by atoms with E-state index >= 15 is 0 Å². The van der Waals surface area contributed by atoms with Crippen molar-refractivity contribution in [3.63, 3.8) is 0 Å². The van der Waals surface area contributed by atoms with Crippen LogP contribution in [0.15, 0.2) is 0 Å². The number of amides is 1. The Labute approximate surface area is 103 Å². The zero-order valence-electron chi connectivity index (χ0n) is 11.2. The third-order valence-corrected chi connectivity index (χ3v) is 2.45. The number of nitrogens with zero attached hydrogens (tertiary/aromatic N) is 1. The average molecular weight is 244 g/mol. The Balaban J connectivity index is 4.29. The van der Waals surface area contributed by atoms with E-state index in [1.54, 1.807) is 0 Å². The fourth-order valence-corrected chi connectivity index (χ4v) is 1.38. The average Bonchev–Trinajstić information content (AvgIpc) is 2.19. The molecule has 17 heavy (non-hydrogen) atoms. The Morgan fingerprint density at radius 2 is 1.88 bits per heavy atom. The number of rotatable bonds is 7. The summed E-state index contributed by atoms with van der Waals surface area (Å²) in [6.07, 6.45) is 0.953. The van der Waals surface area contributed by atoms with Crippen molar-refractivity contribution in [2.75, 3.05) is 19.6 Å². The van der Waals surface area contributed by atoms with Crippen LogP contribution in [0, 0.1) is 0 Å². The molecule has 0 aromatic rings. The number of hydrogen-bond acceptors (Lipinski definition) is 3. The first-order chi connectivity index (χ1) is 7.77. The van der Waals surface area contributed by atoms with Gasteiger partial charge in [-0.1, -0.05) is 6.92 Å². The maximum absolute atomic E-state index is 11.6. The van der Waals surface area contributed by atoms with E-state index in [1.165, 1.54) is 0 Å². The van der Waals surface area contributed by atoms with Crippen LogP contribution in [0.4, 0.5) is 0 Å². The topological polar surface area (TPSA) is 69.6 Å². The first-order valence-corrected chi connectivity index (χ1v) is 6.01. The van der Waals surface area contributed by atoms with Crippen LogP contribution < -0.4 is 5.32 Å². The van der Waals surface area contributed by atoms with Crippen molar-refractivity contribution in [2.24, 2.45) is 0 Å². The van der Waals surface area contributed by atoms with E-state index in [1.807, 2.05) is 32.6 Å². The molecule has 0 aromatic carbocycles. The molecule has 0 radical (unpaired) electrons. The van der Waals surface area contributed by atoms with Crippen LogP contribution in [0.5, 0.6) is 0 Å². The zero-order valence-corrected chi connectivity index (χ0v) is 11.2. The lowest BCUT2D eigenvalue weighted by molar-refractivity contribution is -0.138. The molecule has 0 saturated carbocycles. The van der Waals surface area contributed by atoms with Gasteiger partial charge in [-0.25, -0.2) is 0 Å². The monoisotopic (exact) mass is 244 g/mol. The van der Waals surface area contributed by atoms with Gasteiger partial charge in [-0.15, -0.1) is 0 Å². The second kappa shape index (κ2) is 7.27. The van der Waals surface area contributed by atoms with Gasteiger partial charge in [0, 0.05) is 18.6 Å². The van der Waals surface area contributed by atoms with Crippen LogP contribution in [0.25, 0.3) is 0 Å². The molecule has 5 heteroatoms. The van der Waals surface area contributed by atoms with E-state index in [9.17, 15) is 9.59 Å². The van der Waals surface area contributed by atoms with Crippen molar-refractivity contribution in [1.82, 2.24) is 10.2 Å². The van der Waals surface area contributed by atoms with Crippen molar-refractivity contribution in [1.29, 1.82) is 0 Å². The van der Waals surface area contributed by atoms with Gasteiger partial charge in [0.1, 0.15) is 0 Å². The normalized spacial score (nSPS) is 11.6. The summed E-state index contributed by atoms with van der Waals surface area (Å²) in [5, 5.41) is 11.5. The molecule has 0 heterocycles. The first kappa shape index (κ1) is 15.9. The fraction of sp³-hybridized carbons (Fsp3) is 0.833. The predicted molar refractivity (Wildman–Crippen MR) is 66.9 cm³/mol. The van der Waals surface area contributed by atoms with Crippen LogP contribution in [-0.4, -0.2) is 47.1 Å². The molecule has 0 aliphatic heterocycles. The summed E-state index contributed by atoms with van der Waals surface area (Å²) >= 11 is 0. The van der Waals surface area contributed by atoms with Crippen LogP contribution in [0.3, 0.4) is 0 Å². The van der Waals surface area contributed by atoms with Crippen molar-refractivity contribution in [2.45, 2.75) is 46.1 Å². The summed E-state index contributed by atoms with van der Waals surface area (Å²) in [5.41, 5.74) is -0.209. The van der Waals surface area contributed by atoms with Gasteiger partial charge >= 0.3 is 5.97 Å². The lowest BCUT2D eigenvalue weighted by Crippen LogP contribution is -2.48. The second-order valence-electron chi connectivity index (χ2n) is 5.09. The number of carboxylic acid groups (broad SMARTS) is 1. The second-order valence-corrected chi connectivity index (χ2v) is 5.09. The van der Waals surface area contributed by atoms with Gasteiger partial charge in [0.2, 0.25) is 5.91 Å². The zero-order chi connectivity index (χ0) is 13.5. The molecule has 1 amide bonds. The minimum atomic E-state index is -0.840. The molecule has 5 nitrogen and oxygen atoms in total. The molecule has 0 spiro atoms. The largest absolute Gasteiger partial charge is 0.481 e. The third kappa shape index (κ3) is 7.74. The number of hydrogen-bond donors (Lipinski definition) is 2. The van der Waals surface area contributed by atoms with Crippen molar-refractivity contribution < 1.29 is 14.7 Å². The fourth-order valence-electron chi connectivity index (χ4n) is 1.38. The molecule has 0 aliphatic carbocycles. The number of nitrogens with one attached hydrogen (secondary N) is 1. The smallest absolute Gasteiger partial charge is 0.304 e. The highest BCUT2D eigenvalue weighted by Gasteiger charge is 2.23. The molecule has 0 fully saturated rings. The maximum atomic E-state index is 11.6.